The fraction of sp³-hybridized carbons (Fsp3) is 0.467. The van der Waals surface area contributed by atoms with Crippen LogP contribution in [0.15, 0.2) is 30.7 Å². The molecular weight excluding hydrogens is 288 g/mol. The van der Waals surface area contributed by atoms with Crippen LogP contribution in [0.5, 0.6) is 0 Å². The van der Waals surface area contributed by atoms with Crippen molar-refractivity contribution in [2.75, 3.05) is 20.3 Å². The molecule has 1 atom stereocenters. The zero-order valence-electron chi connectivity index (χ0n) is 12.4. The van der Waals surface area contributed by atoms with Crippen LogP contribution < -0.4 is 5.32 Å². The number of nitrogens with zero attached hydrogens (tertiary/aromatic N) is 3. The number of pyridine rings is 1. The quantitative estimate of drug-likeness (QED) is 0.814. The Bertz CT molecular complexity index is 544. The molecule has 0 bridgehead atoms. The summed E-state index contributed by atoms with van der Waals surface area (Å²) in [4.78, 5) is 4.21. The lowest BCUT2D eigenvalue weighted by molar-refractivity contribution is 0.182. The van der Waals surface area contributed by atoms with Gasteiger partial charge in [0, 0.05) is 19.5 Å². The van der Waals surface area contributed by atoms with Crippen LogP contribution in [0.25, 0.3) is 0 Å². The molecule has 2 aromatic rings. The maximum Gasteiger partial charge on any atom is 0.0837 e. The van der Waals surface area contributed by atoms with Gasteiger partial charge >= 0.3 is 0 Å². The summed E-state index contributed by atoms with van der Waals surface area (Å²) in [5, 5.41) is 8.53. The van der Waals surface area contributed by atoms with Crippen LogP contribution in [0.1, 0.15) is 30.6 Å². The lowest BCUT2D eigenvalue weighted by Gasteiger charge is -2.20. The van der Waals surface area contributed by atoms with Crippen molar-refractivity contribution in [3.05, 3.63) is 47.0 Å². The number of rotatable bonds is 8. The van der Waals surface area contributed by atoms with E-state index in [1.165, 1.54) is 0 Å². The largest absolute Gasteiger partial charge is 0.383 e. The summed E-state index contributed by atoms with van der Waals surface area (Å²) in [6.45, 7) is 4.30. The molecule has 0 aliphatic carbocycles. The third-order valence-electron chi connectivity index (χ3n) is 3.23. The van der Waals surface area contributed by atoms with Crippen molar-refractivity contribution in [3.8, 4) is 0 Å². The standard InChI is InChI=1S/C15H21ClN4O/c1-3-6-18-14(12-5-4-7-17-10-12)15-13(16)11-19-20(15)8-9-21-2/h4-5,7,10-11,14,18H,3,6,8-9H2,1-2H3. The maximum absolute atomic E-state index is 6.36. The molecule has 5 nitrogen and oxygen atoms in total. The monoisotopic (exact) mass is 308 g/mol. The summed E-state index contributed by atoms with van der Waals surface area (Å²) in [5.41, 5.74) is 2.03. The molecular formula is C15H21ClN4O. The maximum atomic E-state index is 6.36. The molecule has 21 heavy (non-hydrogen) atoms. The van der Waals surface area contributed by atoms with E-state index in [-0.39, 0.29) is 6.04 Å². The van der Waals surface area contributed by atoms with Crippen LogP contribution in [0, 0.1) is 0 Å². The van der Waals surface area contributed by atoms with Crippen LogP contribution in [0.3, 0.4) is 0 Å². The summed E-state index contributed by atoms with van der Waals surface area (Å²) < 4.78 is 7.03. The van der Waals surface area contributed by atoms with E-state index < -0.39 is 0 Å². The summed E-state index contributed by atoms with van der Waals surface area (Å²) in [7, 11) is 1.68. The molecule has 0 amide bonds. The zero-order chi connectivity index (χ0) is 15.1. The molecule has 0 aromatic carbocycles. The molecule has 0 aliphatic heterocycles. The van der Waals surface area contributed by atoms with E-state index >= 15 is 0 Å². The van der Waals surface area contributed by atoms with Gasteiger partial charge in [-0.1, -0.05) is 24.6 Å². The van der Waals surface area contributed by atoms with Gasteiger partial charge in [0.1, 0.15) is 0 Å². The second kappa shape index (κ2) is 8.12. The van der Waals surface area contributed by atoms with Crippen LogP contribution in [-0.4, -0.2) is 35.0 Å². The van der Waals surface area contributed by atoms with Crippen molar-refractivity contribution in [2.24, 2.45) is 0 Å². The van der Waals surface area contributed by atoms with Crippen LogP contribution >= 0.6 is 11.6 Å². The predicted molar refractivity (Wildman–Crippen MR) is 83.5 cm³/mol. The smallest absolute Gasteiger partial charge is 0.0837 e. The molecule has 0 saturated carbocycles. The van der Waals surface area contributed by atoms with Gasteiger partial charge in [-0.2, -0.15) is 5.10 Å². The Morgan fingerprint density at radius 2 is 2.29 bits per heavy atom. The Kier molecular flexibility index (Phi) is 6.17. The lowest BCUT2D eigenvalue weighted by atomic mass is 10.1. The minimum absolute atomic E-state index is 0.0227. The van der Waals surface area contributed by atoms with Crippen molar-refractivity contribution in [1.82, 2.24) is 20.1 Å². The molecule has 0 spiro atoms. The second-order valence-electron chi connectivity index (χ2n) is 4.77. The minimum atomic E-state index is -0.0227. The number of methoxy groups -OCH3 is 1. The van der Waals surface area contributed by atoms with Crippen LogP contribution in [-0.2, 0) is 11.3 Å². The highest BCUT2D eigenvalue weighted by Crippen LogP contribution is 2.28. The van der Waals surface area contributed by atoms with Crippen LogP contribution in [0.4, 0.5) is 0 Å². The Morgan fingerprint density at radius 1 is 1.43 bits per heavy atom. The first-order chi connectivity index (χ1) is 10.3. The van der Waals surface area contributed by atoms with Gasteiger partial charge in [0.25, 0.3) is 0 Å². The molecule has 1 unspecified atom stereocenters. The third kappa shape index (κ3) is 4.03. The number of ether oxygens (including phenoxy) is 1. The van der Waals surface area contributed by atoms with E-state index in [2.05, 4.69) is 22.3 Å². The Hall–Kier alpha value is -1.43. The number of aromatic nitrogens is 3. The van der Waals surface area contributed by atoms with Crippen molar-refractivity contribution < 1.29 is 4.74 Å². The van der Waals surface area contributed by atoms with Crippen molar-refractivity contribution in [2.45, 2.75) is 25.9 Å². The van der Waals surface area contributed by atoms with E-state index in [0.29, 0.717) is 18.2 Å². The predicted octanol–water partition coefficient (Wildman–Crippen LogP) is 2.67. The fourth-order valence-corrected chi connectivity index (χ4v) is 2.47. The van der Waals surface area contributed by atoms with E-state index in [9.17, 15) is 0 Å². The van der Waals surface area contributed by atoms with Gasteiger partial charge in [-0.15, -0.1) is 0 Å². The molecule has 114 valence electrons. The Labute approximate surface area is 130 Å². The Balaban J connectivity index is 2.34. The number of halogens is 1. The van der Waals surface area contributed by atoms with Gasteiger partial charge in [0.15, 0.2) is 0 Å². The van der Waals surface area contributed by atoms with Crippen molar-refractivity contribution in [3.63, 3.8) is 0 Å². The molecule has 2 heterocycles. The van der Waals surface area contributed by atoms with E-state index in [1.54, 1.807) is 19.5 Å². The zero-order valence-corrected chi connectivity index (χ0v) is 13.2. The first-order valence-electron chi connectivity index (χ1n) is 7.11. The summed E-state index contributed by atoms with van der Waals surface area (Å²) in [6, 6.07) is 3.95. The summed E-state index contributed by atoms with van der Waals surface area (Å²) in [6.07, 6.45) is 6.35. The lowest BCUT2D eigenvalue weighted by Crippen LogP contribution is -2.26. The first-order valence-corrected chi connectivity index (χ1v) is 7.49. The molecule has 0 radical (unpaired) electrons. The van der Waals surface area contributed by atoms with E-state index in [1.807, 2.05) is 23.0 Å². The molecule has 6 heteroatoms. The summed E-state index contributed by atoms with van der Waals surface area (Å²) in [5.74, 6) is 0. The average molecular weight is 309 g/mol. The SMILES string of the molecule is CCCNC(c1cccnc1)c1c(Cl)cnn1CCOC. The third-order valence-corrected chi connectivity index (χ3v) is 3.52. The van der Waals surface area contributed by atoms with Gasteiger partial charge in [-0.25, -0.2) is 0 Å². The van der Waals surface area contributed by atoms with Gasteiger partial charge in [0.05, 0.1) is 36.1 Å². The number of nitrogens with one attached hydrogen (secondary N) is 1. The topological polar surface area (TPSA) is 52.0 Å². The average Bonchev–Trinajstić information content (AvgIpc) is 2.88. The first kappa shape index (κ1) is 15.9. The highest BCUT2D eigenvalue weighted by molar-refractivity contribution is 6.31. The number of hydrogen-bond donors (Lipinski definition) is 1. The fourth-order valence-electron chi connectivity index (χ4n) is 2.22. The highest BCUT2D eigenvalue weighted by Gasteiger charge is 2.21. The molecule has 1 N–H and O–H groups in total. The highest BCUT2D eigenvalue weighted by atomic mass is 35.5. The van der Waals surface area contributed by atoms with E-state index in [0.717, 1.165) is 24.2 Å². The Morgan fingerprint density at radius 3 is 2.95 bits per heavy atom. The van der Waals surface area contributed by atoms with Gasteiger partial charge in [-0.3, -0.25) is 9.67 Å². The summed E-state index contributed by atoms with van der Waals surface area (Å²) >= 11 is 6.36. The second-order valence-corrected chi connectivity index (χ2v) is 5.17. The van der Waals surface area contributed by atoms with Crippen molar-refractivity contribution in [1.29, 1.82) is 0 Å². The molecule has 2 aromatic heterocycles. The minimum Gasteiger partial charge on any atom is -0.383 e. The van der Waals surface area contributed by atoms with Gasteiger partial charge < -0.3 is 10.1 Å². The van der Waals surface area contributed by atoms with Gasteiger partial charge in [-0.05, 0) is 24.6 Å². The molecule has 0 saturated heterocycles. The molecule has 2 rings (SSSR count). The van der Waals surface area contributed by atoms with Crippen LogP contribution in [0.2, 0.25) is 5.02 Å². The molecule has 0 fully saturated rings. The normalized spacial score (nSPS) is 12.5. The number of hydrogen-bond acceptors (Lipinski definition) is 4. The van der Waals surface area contributed by atoms with E-state index in [4.69, 9.17) is 16.3 Å². The van der Waals surface area contributed by atoms with Gasteiger partial charge in [0.2, 0.25) is 0 Å². The molecule has 0 aliphatic rings. The van der Waals surface area contributed by atoms with Crippen molar-refractivity contribution >= 4 is 11.6 Å².